The average molecular weight is 1260 g/mol. The fourth-order valence-electron chi connectivity index (χ4n) is 12.1. The Morgan fingerprint density at radius 2 is 1.08 bits per heavy atom. The van der Waals surface area contributed by atoms with Gasteiger partial charge in [0.15, 0.2) is 0 Å². The number of aromatic nitrogens is 4. The van der Waals surface area contributed by atoms with E-state index in [2.05, 4.69) is 282 Å². The Morgan fingerprint density at radius 1 is 0.494 bits per heavy atom. The minimum Gasteiger partial charge on any atom is -0.510 e. The third kappa shape index (κ3) is 9.47. The van der Waals surface area contributed by atoms with Crippen LogP contribution in [0, 0.1) is 18.5 Å². The van der Waals surface area contributed by atoms with E-state index in [4.69, 9.17) is 9.72 Å². The molecule has 0 aliphatic carbocycles. The maximum atomic E-state index is 6.75. The molecule has 0 fully saturated rings. The van der Waals surface area contributed by atoms with E-state index >= 15 is 0 Å². The Balaban J connectivity index is 0.00000645. The molecule has 0 bridgehead atoms. The van der Waals surface area contributed by atoms with Crippen LogP contribution in [0.5, 0.6) is 11.5 Å². The summed E-state index contributed by atoms with van der Waals surface area (Å²) in [5, 5.41) is 2.13. The zero-order valence-corrected chi connectivity index (χ0v) is 50.5. The quantitative estimate of drug-likeness (QED) is 0.0864. The first-order chi connectivity index (χ1) is 39.5. The van der Waals surface area contributed by atoms with Gasteiger partial charge in [-0.2, -0.15) is 18.2 Å². The first kappa shape index (κ1) is 53.6. The number of para-hydroxylation sites is 4. The number of ether oxygens (including phenoxy) is 1. The minimum absolute atomic E-state index is 0. The van der Waals surface area contributed by atoms with E-state index in [0.29, 0.717) is 11.5 Å². The van der Waals surface area contributed by atoms with Crippen molar-refractivity contribution in [2.45, 2.75) is 78.6 Å². The largest absolute Gasteiger partial charge is 0.510 e. The molecule has 0 atom stereocenters. The Hall–Kier alpha value is -8.71. The molecule has 2 aliphatic rings. The van der Waals surface area contributed by atoms with E-state index < -0.39 is 0 Å². The van der Waals surface area contributed by atoms with Gasteiger partial charge in [0.1, 0.15) is 5.82 Å². The molecule has 410 valence electrons. The topological polar surface area (TPSA) is 42.3 Å². The monoisotopic (exact) mass is 1260 g/mol. The molecule has 0 unspecified atom stereocenters. The van der Waals surface area contributed by atoms with Crippen molar-refractivity contribution in [1.82, 2.24) is 14.1 Å². The smallest absolute Gasteiger partial charge is 0.267 e. The summed E-state index contributed by atoms with van der Waals surface area (Å²) in [5.74, 6) is 1.96. The molecule has 12 aromatic rings. The number of imidazole rings is 1. The SMILES string of the molecule is CC(C)(C)c1cc(-[n+]2[c-]n(-c3[c-]c(Oc4[c-]c5c(cc4)c4cc(-c6cc7c8c(c6)N(c6ccccc6)c6ccccc6B8c6ccccc6N7c6ccccc6)ccc4n5-c4cc(C(C)(C)C)ccn4)ccc3)cc2)cc(C(C)(C)C)c1.[Pt]. The molecule has 0 N–H and O–H groups in total. The van der Waals surface area contributed by atoms with Crippen molar-refractivity contribution in [3.8, 4) is 39.8 Å². The second-order valence-corrected chi connectivity index (χ2v) is 25.0. The van der Waals surface area contributed by atoms with Crippen molar-refractivity contribution in [3.05, 3.63) is 254 Å². The standard InChI is InChI=1S/C74H63BN6O.Pt/c1-72(2,3)51-35-36-76-70(45-51)81-64-34-31-49(39-61(64)60-33-32-59(47-67(60)81)82-58-26-20-25-56(46-58)77-37-38-78(48-77)57-43-52(73(4,5)6)42-53(44-57)74(7,8)9)50-40-68-71-69(41-50)80(55-23-14-11-15-24-55)66-30-19-17-28-63(66)75(71)62-27-16-18-29-65(62)79(68)54-21-12-10-13-22-54;/h10-45H,1-9H3;/q-2;. The maximum Gasteiger partial charge on any atom is 0.267 e. The molecule has 83 heavy (non-hydrogen) atoms. The minimum atomic E-state index is -0.0985. The van der Waals surface area contributed by atoms with E-state index in [9.17, 15) is 0 Å². The van der Waals surface area contributed by atoms with Crippen LogP contribution in [0.1, 0.15) is 79.0 Å². The zero-order valence-electron chi connectivity index (χ0n) is 48.3. The third-order valence-corrected chi connectivity index (χ3v) is 16.5. The Kier molecular flexibility index (Phi) is 13.1. The summed E-state index contributed by atoms with van der Waals surface area (Å²) in [6.45, 7) is 20.4. The van der Waals surface area contributed by atoms with Gasteiger partial charge >= 0.3 is 0 Å². The molecule has 0 radical (unpaired) electrons. The summed E-state index contributed by atoms with van der Waals surface area (Å²) < 4.78 is 13.0. The predicted molar refractivity (Wildman–Crippen MR) is 338 cm³/mol. The molecule has 5 heterocycles. The van der Waals surface area contributed by atoms with Crippen molar-refractivity contribution in [3.63, 3.8) is 0 Å². The molecule has 0 saturated carbocycles. The van der Waals surface area contributed by atoms with Crippen LogP contribution in [0.15, 0.2) is 219 Å². The van der Waals surface area contributed by atoms with Crippen molar-refractivity contribution >= 4 is 79.0 Å². The van der Waals surface area contributed by atoms with Crippen molar-refractivity contribution in [2.75, 3.05) is 9.80 Å². The summed E-state index contributed by atoms with van der Waals surface area (Å²) in [6.07, 6.45) is 9.57. The summed E-state index contributed by atoms with van der Waals surface area (Å²) >= 11 is 0. The number of pyridine rings is 1. The first-order valence-corrected chi connectivity index (χ1v) is 28.5. The van der Waals surface area contributed by atoms with Gasteiger partial charge in [-0.15, -0.1) is 29.7 Å². The van der Waals surface area contributed by atoms with Crippen LogP contribution in [-0.2, 0) is 37.3 Å². The van der Waals surface area contributed by atoms with Crippen LogP contribution in [0.25, 0.3) is 50.1 Å². The van der Waals surface area contributed by atoms with Crippen molar-refractivity contribution < 1.29 is 30.4 Å². The fraction of sp³-hybridized carbons (Fsp3) is 0.162. The molecular weight excluding hydrogens is 1190 g/mol. The first-order valence-electron chi connectivity index (χ1n) is 28.5. The molecule has 0 spiro atoms. The van der Waals surface area contributed by atoms with E-state index in [-0.39, 0.29) is 44.0 Å². The fourth-order valence-corrected chi connectivity index (χ4v) is 12.1. The molecule has 9 aromatic carbocycles. The van der Waals surface area contributed by atoms with Crippen LogP contribution in [0.4, 0.5) is 34.1 Å². The van der Waals surface area contributed by atoms with Crippen LogP contribution in [-0.4, -0.2) is 20.8 Å². The number of anilines is 6. The summed E-state index contributed by atoms with van der Waals surface area (Å²) in [6, 6.07) is 79.9. The molecule has 7 nitrogen and oxygen atoms in total. The van der Waals surface area contributed by atoms with Gasteiger partial charge in [0.25, 0.3) is 13.0 Å². The zero-order chi connectivity index (χ0) is 56.2. The van der Waals surface area contributed by atoms with Gasteiger partial charge < -0.3 is 23.7 Å². The van der Waals surface area contributed by atoms with Gasteiger partial charge in [0.2, 0.25) is 0 Å². The van der Waals surface area contributed by atoms with Gasteiger partial charge in [-0.1, -0.05) is 159 Å². The molecule has 14 rings (SSSR count). The van der Waals surface area contributed by atoms with Crippen LogP contribution >= 0.6 is 0 Å². The van der Waals surface area contributed by atoms with Crippen molar-refractivity contribution in [2.24, 2.45) is 0 Å². The second-order valence-electron chi connectivity index (χ2n) is 25.0. The normalized spacial score (nSPS) is 13.0. The Bertz CT molecular complexity index is 4320. The average Bonchev–Trinajstić information content (AvgIpc) is 1.39. The van der Waals surface area contributed by atoms with E-state index in [1.807, 2.05) is 41.2 Å². The number of fused-ring (bicyclic) bond motifs is 7. The van der Waals surface area contributed by atoms with E-state index in [1.165, 1.54) is 44.5 Å². The van der Waals surface area contributed by atoms with Crippen LogP contribution < -0.4 is 35.5 Å². The Morgan fingerprint density at radius 3 is 1.70 bits per heavy atom. The van der Waals surface area contributed by atoms with Gasteiger partial charge in [-0.3, -0.25) is 4.57 Å². The van der Waals surface area contributed by atoms with Gasteiger partial charge in [0.05, 0.1) is 5.69 Å². The third-order valence-electron chi connectivity index (χ3n) is 16.5. The second kappa shape index (κ2) is 20.3. The van der Waals surface area contributed by atoms with Crippen LogP contribution in [0.3, 0.4) is 0 Å². The molecule has 0 saturated heterocycles. The number of benzene rings is 9. The molecule has 0 amide bonds. The van der Waals surface area contributed by atoms with Gasteiger partial charge in [-0.05, 0) is 150 Å². The maximum absolute atomic E-state index is 6.75. The Labute approximate surface area is 502 Å². The number of nitrogens with zero attached hydrogens (tertiary/aromatic N) is 6. The predicted octanol–water partition coefficient (Wildman–Crippen LogP) is 16.1. The number of hydrogen-bond acceptors (Lipinski definition) is 4. The number of hydrogen-bond donors (Lipinski definition) is 0. The van der Waals surface area contributed by atoms with Gasteiger partial charge in [-0.25, -0.2) is 4.98 Å². The van der Waals surface area contributed by atoms with E-state index in [1.54, 1.807) is 0 Å². The van der Waals surface area contributed by atoms with Crippen molar-refractivity contribution in [1.29, 1.82) is 0 Å². The van der Waals surface area contributed by atoms with Crippen LogP contribution in [0.2, 0.25) is 0 Å². The van der Waals surface area contributed by atoms with E-state index in [0.717, 1.165) is 72.9 Å². The molecule has 3 aromatic heterocycles. The number of rotatable bonds is 8. The van der Waals surface area contributed by atoms with Gasteiger partial charge in [0, 0.05) is 90.8 Å². The summed E-state index contributed by atoms with van der Waals surface area (Å²) in [7, 11) is 0. The summed E-state index contributed by atoms with van der Waals surface area (Å²) in [5.41, 5.74) is 20.4. The molecule has 2 aliphatic heterocycles. The molecule has 9 heteroatoms. The summed E-state index contributed by atoms with van der Waals surface area (Å²) in [4.78, 5) is 10.00. The molecular formula is C74H63BN6OPt-2.